The van der Waals surface area contributed by atoms with E-state index >= 15 is 0 Å². The van der Waals surface area contributed by atoms with E-state index in [1.165, 1.54) is 32.1 Å². The molecule has 0 aromatic heterocycles. The molecule has 2 atom stereocenters. The van der Waals surface area contributed by atoms with Gasteiger partial charge in [0, 0.05) is 19.0 Å². The molecule has 1 aliphatic heterocycles. The van der Waals surface area contributed by atoms with E-state index in [9.17, 15) is 9.59 Å². The van der Waals surface area contributed by atoms with Gasteiger partial charge in [-0.1, -0.05) is 56.5 Å². The molecule has 0 N–H and O–H groups in total. The molecular weight excluding hydrogens is 362 g/mol. The number of hydrogen-bond acceptors (Lipinski definition) is 3. The SMILES string of the molecule is CCOC(=O)[C@@]1(Cc2ccccc2)CCCN(C(=O)C(CC)C2CCCCC2)C1. The highest BCUT2D eigenvalue weighted by atomic mass is 16.5. The minimum absolute atomic E-state index is 0.102. The molecule has 1 unspecified atom stereocenters. The van der Waals surface area contributed by atoms with E-state index in [-0.39, 0.29) is 17.8 Å². The summed E-state index contributed by atoms with van der Waals surface area (Å²) in [6, 6.07) is 10.1. The van der Waals surface area contributed by atoms with Crippen molar-refractivity contribution >= 4 is 11.9 Å². The highest BCUT2D eigenvalue weighted by Gasteiger charge is 2.46. The quantitative estimate of drug-likeness (QED) is 0.606. The Morgan fingerprint density at radius 2 is 1.83 bits per heavy atom. The van der Waals surface area contributed by atoms with E-state index in [0.29, 0.717) is 25.5 Å². The van der Waals surface area contributed by atoms with Gasteiger partial charge in [-0.2, -0.15) is 0 Å². The molecule has 0 radical (unpaired) electrons. The smallest absolute Gasteiger partial charge is 0.314 e. The van der Waals surface area contributed by atoms with Gasteiger partial charge in [-0.05, 0) is 56.9 Å². The number of hydrogen-bond donors (Lipinski definition) is 0. The summed E-state index contributed by atoms with van der Waals surface area (Å²) in [5.74, 6) is 0.729. The van der Waals surface area contributed by atoms with E-state index in [4.69, 9.17) is 4.74 Å². The summed E-state index contributed by atoms with van der Waals surface area (Å²) in [6.07, 6.45) is 9.31. The van der Waals surface area contributed by atoms with Gasteiger partial charge in [0.25, 0.3) is 0 Å². The summed E-state index contributed by atoms with van der Waals surface area (Å²) < 4.78 is 5.51. The van der Waals surface area contributed by atoms with Crippen LogP contribution in [0.5, 0.6) is 0 Å². The highest BCUT2D eigenvalue weighted by Crippen LogP contribution is 2.38. The molecule has 1 aliphatic carbocycles. The monoisotopic (exact) mass is 399 g/mol. The van der Waals surface area contributed by atoms with Gasteiger partial charge in [0.15, 0.2) is 0 Å². The van der Waals surface area contributed by atoms with Crippen LogP contribution in [0.1, 0.15) is 70.8 Å². The van der Waals surface area contributed by atoms with E-state index in [1.807, 2.05) is 30.0 Å². The molecule has 1 heterocycles. The summed E-state index contributed by atoms with van der Waals surface area (Å²) >= 11 is 0. The lowest BCUT2D eigenvalue weighted by Gasteiger charge is -2.43. The van der Waals surface area contributed by atoms with Crippen LogP contribution in [0.2, 0.25) is 0 Å². The largest absolute Gasteiger partial charge is 0.466 e. The molecule has 160 valence electrons. The second-order valence-electron chi connectivity index (χ2n) is 8.94. The van der Waals surface area contributed by atoms with Crippen molar-refractivity contribution in [3.63, 3.8) is 0 Å². The first kappa shape index (κ1) is 21.9. The van der Waals surface area contributed by atoms with Crippen molar-refractivity contribution < 1.29 is 14.3 Å². The van der Waals surface area contributed by atoms with Crippen molar-refractivity contribution in [1.82, 2.24) is 4.90 Å². The van der Waals surface area contributed by atoms with Gasteiger partial charge in [0.05, 0.1) is 12.0 Å². The third-order valence-corrected chi connectivity index (χ3v) is 6.96. The van der Waals surface area contributed by atoms with Crippen LogP contribution in [0, 0.1) is 17.3 Å². The van der Waals surface area contributed by atoms with Crippen LogP contribution < -0.4 is 0 Å². The molecule has 1 saturated heterocycles. The van der Waals surface area contributed by atoms with Crippen molar-refractivity contribution in [2.45, 2.75) is 71.6 Å². The molecule has 4 heteroatoms. The first-order valence-corrected chi connectivity index (χ1v) is 11.6. The van der Waals surface area contributed by atoms with Gasteiger partial charge in [0.2, 0.25) is 5.91 Å². The number of likely N-dealkylation sites (tertiary alicyclic amines) is 1. The highest BCUT2D eigenvalue weighted by molar-refractivity contribution is 5.82. The Labute approximate surface area is 176 Å². The van der Waals surface area contributed by atoms with Crippen molar-refractivity contribution in [3.05, 3.63) is 35.9 Å². The molecular formula is C25H37NO3. The summed E-state index contributed by atoms with van der Waals surface area (Å²) in [4.78, 5) is 28.6. The lowest BCUT2D eigenvalue weighted by atomic mass is 9.73. The van der Waals surface area contributed by atoms with Gasteiger partial charge in [0.1, 0.15) is 0 Å². The molecule has 3 rings (SSSR count). The Hall–Kier alpha value is -1.84. The van der Waals surface area contributed by atoms with Crippen molar-refractivity contribution in [3.8, 4) is 0 Å². The Morgan fingerprint density at radius 3 is 2.48 bits per heavy atom. The molecule has 2 aliphatic rings. The number of carbonyl (C=O) groups excluding carboxylic acids is 2. The molecule has 1 saturated carbocycles. The molecule has 1 amide bonds. The van der Waals surface area contributed by atoms with E-state index in [1.54, 1.807) is 0 Å². The van der Waals surface area contributed by atoms with Crippen LogP contribution in [-0.2, 0) is 20.7 Å². The van der Waals surface area contributed by atoms with Crippen molar-refractivity contribution in [2.75, 3.05) is 19.7 Å². The first-order valence-electron chi connectivity index (χ1n) is 11.6. The number of nitrogens with zero attached hydrogens (tertiary/aromatic N) is 1. The number of benzene rings is 1. The van der Waals surface area contributed by atoms with Crippen LogP contribution in [0.15, 0.2) is 30.3 Å². The molecule has 29 heavy (non-hydrogen) atoms. The fourth-order valence-electron chi connectivity index (χ4n) is 5.45. The maximum absolute atomic E-state index is 13.5. The lowest BCUT2D eigenvalue weighted by Crippen LogP contribution is -2.53. The van der Waals surface area contributed by atoms with Crippen molar-refractivity contribution in [2.24, 2.45) is 17.3 Å². The van der Waals surface area contributed by atoms with Crippen molar-refractivity contribution in [1.29, 1.82) is 0 Å². The fraction of sp³-hybridized carbons (Fsp3) is 0.680. The average Bonchev–Trinajstić information content (AvgIpc) is 2.76. The number of rotatable bonds is 7. The predicted octanol–water partition coefficient (Wildman–Crippen LogP) is 5.01. The maximum Gasteiger partial charge on any atom is 0.314 e. The van der Waals surface area contributed by atoms with Gasteiger partial charge >= 0.3 is 5.97 Å². The third kappa shape index (κ3) is 5.21. The lowest BCUT2D eigenvalue weighted by molar-refractivity contribution is -0.161. The molecule has 1 aromatic rings. The number of amides is 1. The average molecular weight is 400 g/mol. The Kier molecular flexibility index (Phi) is 7.74. The topological polar surface area (TPSA) is 46.6 Å². The number of esters is 1. The third-order valence-electron chi connectivity index (χ3n) is 6.96. The fourth-order valence-corrected chi connectivity index (χ4v) is 5.45. The van der Waals surface area contributed by atoms with E-state index < -0.39 is 5.41 Å². The zero-order valence-electron chi connectivity index (χ0n) is 18.2. The van der Waals surface area contributed by atoms with Crippen LogP contribution in [0.25, 0.3) is 0 Å². The van der Waals surface area contributed by atoms with Crippen LogP contribution in [-0.4, -0.2) is 36.5 Å². The maximum atomic E-state index is 13.5. The van der Waals surface area contributed by atoms with E-state index in [2.05, 4.69) is 19.1 Å². The number of piperidine rings is 1. The van der Waals surface area contributed by atoms with Gasteiger partial charge in [-0.25, -0.2) is 0 Å². The Bertz CT molecular complexity index is 668. The summed E-state index contributed by atoms with van der Waals surface area (Å²) in [6.45, 7) is 5.63. The summed E-state index contributed by atoms with van der Waals surface area (Å²) in [7, 11) is 0. The Balaban J connectivity index is 1.79. The minimum atomic E-state index is -0.629. The zero-order chi connectivity index (χ0) is 20.7. The summed E-state index contributed by atoms with van der Waals surface area (Å²) in [5, 5.41) is 0. The standard InChI is InChI=1S/C25H37NO3/c1-3-22(21-14-9-6-10-15-21)23(27)26-17-11-16-25(19-26,24(28)29-4-2)18-20-12-7-5-8-13-20/h5,7-8,12-13,21-22H,3-4,6,9-11,14-19H2,1-2H3/t22?,25-/m1/s1. The normalized spacial score (nSPS) is 24.1. The predicted molar refractivity (Wildman–Crippen MR) is 115 cm³/mol. The second-order valence-corrected chi connectivity index (χ2v) is 8.94. The van der Waals surface area contributed by atoms with Gasteiger partial charge in [-0.3, -0.25) is 9.59 Å². The molecule has 0 bridgehead atoms. The minimum Gasteiger partial charge on any atom is -0.466 e. The van der Waals surface area contributed by atoms with Crippen LogP contribution in [0.4, 0.5) is 0 Å². The van der Waals surface area contributed by atoms with Gasteiger partial charge < -0.3 is 9.64 Å². The molecule has 4 nitrogen and oxygen atoms in total. The van der Waals surface area contributed by atoms with Crippen LogP contribution >= 0.6 is 0 Å². The van der Waals surface area contributed by atoms with Crippen LogP contribution in [0.3, 0.4) is 0 Å². The zero-order valence-corrected chi connectivity index (χ0v) is 18.2. The molecule has 0 spiro atoms. The molecule has 1 aromatic carbocycles. The number of ether oxygens (including phenoxy) is 1. The number of carbonyl (C=O) groups is 2. The first-order chi connectivity index (χ1) is 14.1. The molecule has 2 fully saturated rings. The Morgan fingerprint density at radius 1 is 1.10 bits per heavy atom. The summed E-state index contributed by atoms with van der Waals surface area (Å²) in [5.41, 5.74) is 0.505. The van der Waals surface area contributed by atoms with E-state index in [0.717, 1.165) is 31.4 Å². The second kappa shape index (κ2) is 10.3. The van der Waals surface area contributed by atoms with Gasteiger partial charge in [-0.15, -0.1) is 0 Å².